The number of amides is 2. The molecule has 3 unspecified atom stereocenters. The number of nitrogens with two attached hydrogens (primary N) is 1. The van der Waals surface area contributed by atoms with E-state index in [2.05, 4.69) is 0 Å². The van der Waals surface area contributed by atoms with Gasteiger partial charge in [0.2, 0.25) is 5.91 Å². The van der Waals surface area contributed by atoms with Gasteiger partial charge in [-0.3, -0.25) is 14.4 Å². The Morgan fingerprint density at radius 1 is 1.17 bits per heavy atom. The highest BCUT2D eigenvalue weighted by molar-refractivity contribution is 5.90. The molecular weight excluding hydrogens is 327 g/mol. The molecule has 1 saturated heterocycles. The lowest BCUT2D eigenvalue weighted by Crippen LogP contribution is -2.48. The maximum atomic E-state index is 12.2. The van der Waals surface area contributed by atoms with Crippen molar-refractivity contribution in [3.63, 3.8) is 0 Å². The number of rotatable bonds is 3. The monoisotopic (exact) mass is 355 g/mol. The van der Waals surface area contributed by atoms with Gasteiger partial charge < -0.3 is 16.0 Å². The number of hydrogen-bond acceptors (Lipinski definition) is 4. The van der Waals surface area contributed by atoms with E-state index in [1.54, 1.807) is 5.32 Å². The van der Waals surface area contributed by atoms with Crippen LogP contribution >= 0.6 is 0 Å². The molecule has 3 N–H and O–H groups in total. The standard InChI is InChI=1S/C11H16F3N3O3.2C2H6/c1-5(15)9(19)17-4-7(3-8(17)6(2)18)16-10(20)11(12,13)14;2*1-2/h5,7-8H,3-4,15H2,1-2H3,(H,16,20);2*1-2H3. The summed E-state index contributed by atoms with van der Waals surface area (Å²) in [6, 6.07) is -2.64. The molecule has 1 aliphatic heterocycles. The second-order valence-corrected chi connectivity index (χ2v) is 4.81. The topological polar surface area (TPSA) is 92.5 Å². The van der Waals surface area contributed by atoms with Gasteiger partial charge >= 0.3 is 12.1 Å². The van der Waals surface area contributed by atoms with E-state index in [1.807, 2.05) is 27.7 Å². The summed E-state index contributed by atoms with van der Waals surface area (Å²) in [6.45, 7) is 10.5. The van der Waals surface area contributed by atoms with Crippen LogP contribution in [0.3, 0.4) is 0 Å². The Morgan fingerprint density at radius 2 is 1.62 bits per heavy atom. The van der Waals surface area contributed by atoms with Crippen LogP contribution in [0.2, 0.25) is 0 Å². The average Bonchev–Trinajstić information content (AvgIpc) is 2.93. The van der Waals surface area contributed by atoms with Crippen LogP contribution in [0.15, 0.2) is 0 Å². The lowest BCUT2D eigenvalue weighted by atomic mass is 10.1. The summed E-state index contributed by atoms with van der Waals surface area (Å²) in [6.07, 6.45) is -5.04. The Morgan fingerprint density at radius 3 is 1.96 bits per heavy atom. The molecule has 0 saturated carbocycles. The molecule has 2 amide bonds. The van der Waals surface area contributed by atoms with E-state index in [0.29, 0.717) is 0 Å². The van der Waals surface area contributed by atoms with Crippen LogP contribution < -0.4 is 11.1 Å². The van der Waals surface area contributed by atoms with Gasteiger partial charge in [-0.05, 0) is 20.3 Å². The first-order valence-corrected chi connectivity index (χ1v) is 7.98. The van der Waals surface area contributed by atoms with Crippen LogP contribution in [-0.2, 0) is 14.4 Å². The molecule has 0 radical (unpaired) electrons. The summed E-state index contributed by atoms with van der Waals surface area (Å²) >= 11 is 0. The molecule has 0 aromatic carbocycles. The molecule has 24 heavy (non-hydrogen) atoms. The number of alkyl halides is 3. The summed E-state index contributed by atoms with van der Waals surface area (Å²) in [4.78, 5) is 35.2. The first-order chi connectivity index (χ1) is 11.0. The number of halogens is 3. The van der Waals surface area contributed by atoms with Crippen LogP contribution in [0.4, 0.5) is 13.2 Å². The molecule has 6 nitrogen and oxygen atoms in total. The van der Waals surface area contributed by atoms with E-state index in [-0.39, 0.29) is 18.7 Å². The molecule has 9 heteroatoms. The fourth-order valence-electron chi connectivity index (χ4n) is 2.10. The minimum atomic E-state index is -5.00. The maximum Gasteiger partial charge on any atom is 0.471 e. The van der Waals surface area contributed by atoms with Crippen molar-refractivity contribution in [2.45, 2.75) is 72.3 Å². The molecule has 0 aromatic rings. The van der Waals surface area contributed by atoms with Gasteiger partial charge in [-0.25, -0.2) is 0 Å². The molecule has 1 heterocycles. The van der Waals surface area contributed by atoms with Crippen LogP contribution in [-0.4, -0.2) is 53.3 Å². The van der Waals surface area contributed by atoms with Gasteiger partial charge in [0, 0.05) is 12.6 Å². The Balaban J connectivity index is 0. The lowest BCUT2D eigenvalue weighted by Gasteiger charge is -2.24. The summed E-state index contributed by atoms with van der Waals surface area (Å²) in [5, 5.41) is 1.78. The number of ketones is 1. The van der Waals surface area contributed by atoms with Gasteiger partial charge in [0.25, 0.3) is 0 Å². The summed E-state index contributed by atoms with van der Waals surface area (Å²) in [5.41, 5.74) is 5.42. The Bertz CT molecular complexity index is 426. The fraction of sp³-hybridized carbons (Fsp3) is 0.800. The van der Waals surface area contributed by atoms with Crippen molar-refractivity contribution in [1.82, 2.24) is 10.2 Å². The first-order valence-electron chi connectivity index (χ1n) is 7.98. The SMILES string of the molecule is CC.CC.CC(=O)C1CC(NC(=O)C(F)(F)F)CN1C(=O)C(C)N. The van der Waals surface area contributed by atoms with Crippen molar-refractivity contribution < 1.29 is 27.6 Å². The molecule has 0 spiro atoms. The molecular formula is C15H28F3N3O3. The molecule has 1 rings (SSSR count). The quantitative estimate of drug-likeness (QED) is 0.805. The maximum absolute atomic E-state index is 12.2. The number of carbonyl (C=O) groups excluding carboxylic acids is 3. The predicted octanol–water partition coefficient (Wildman–Crippen LogP) is 1.62. The number of Topliss-reactive ketones (excluding diaryl/α,β-unsaturated/α-hetero) is 1. The van der Waals surface area contributed by atoms with Gasteiger partial charge in [-0.2, -0.15) is 13.2 Å². The summed E-state index contributed by atoms with van der Waals surface area (Å²) < 4.78 is 36.5. The van der Waals surface area contributed by atoms with E-state index in [1.165, 1.54) is 13.8 Å². The van der Waals surface area contributed by atoms with Gasteiger partial charge in [-0.15, -0.1) is 0 Å². The van der Waals surface area contributed by atoms with E-state index < -0.39 is 36.1 Å². The zero-order valence-corrected chi connectivity index (χ0v) is 15.0. The second kappa shape index (κ2) is 11.0. The molecule has 0 bridgehead atoms. The number of hydrogen-bond donors (Lipinski definition) is 2. The third-order valence-corrected chi connectivity index (χ3v) is 3.04. The van der Waals surface area contributed by atoms with Crippen LogP contribution in [0, 0.1) is 0 Å². The first kappa shape index (κ1) is 24.6. The van der Waals surface area contributed by atoms with Crippen molar-refractivity contribution in [2.24, 2.45) is 5.73 Å². The molecule has 142 valence electrons. The third-order valence-electron chi connectivity index (χ3n) is 3.04. The number of nitrogens with zero attached hydrogens (tertiary/aromatic N) is 1. The minimum absolute atomic E-state index is 0.0460. The number of carbonyl (C=O) groups is 3. The highest BCUT2D eigenvalue weighted by Gasteiger charge is 2.44. The van der Waals surface area contributed by atoms with Crippen LogP contribution in [0.1, 0.15) is 48.0 Å². The molecule has 1 aliphatic rings. The highest BCUT2D eigenvalue weighted by Crippen LogP contribution is 2.22. The van der Waals surface area contributed by atoms with Gasteiger partial charge in [0.05, 0.1) is 12.1 Å². The zero-order chi connectivity index (χ0) is 19.7. The van der Waals surface area contributed by atoms with Gasteiger partial charge in [0.1, 0.15) is 0 Å². The smallest absolute Gasteiger partial charge is 0.344 e. The lowest BCUT2D eigenvalue weighted by molar-refractivity contribution is -0.174. The zero-order valence-electron chi connectivity index (χ0n) is 15.0. The second-order valence-electron chi connectivity index (χ2n) is 4.81. The Labute approximate surface area is 140 Å². The minimum Gasteiger partial charge on any atom is -0.344 e. The van der Waals surface area contributed by atoms with Crippen molar-refractivity contribution in [2.75, 3.05) is 6.54 Å². The molecule has 3 atom stereocenters. The number of nitrogens with one attached hydrogen (secondary N) is 1. The van der Waals surface area contributed by atoms with E-state index in [0.717, 1.165) is 4.90 Å². The average molecular weight is 355 g/mol. The van der Waals surface area contributed by atoms with Crippen molar-refractivity contribution in [3.05, 3.63) is 0 Å². The Kier molecular flexibility index (Phi) is 11.3. The third kappa shape index (κ3) is 7.29. The van der Waals surface area contributed by atoms with Crippen LogP contribution in [0.25, 0.3) is 0 Å². The van der Waals surface area contributed by atoms with Gasteiger partial charge in [0.15, 0.2) is 5.78 Å². The highest BCUT2D eigenvalue weighted by atomic mass is 19.4. The normalized spacial score (nSPS) is 20.8. The van der Waals surface area contributed by atoms with Crippen molar-refractivity contribution in [1.29, 1.82) is 0 Å². The fourth-order valence-corrected chi connectivity index (χ4v) is 2.10. The van der Waals surface area contributed by atoms with E-state index in [4.69, 9.17) is 5.73 Å². The molecule has 0 aliphatic carbocycles. The number of likely N-dealkylation sites (tertiary alicyclic amines) is 1. The largest absolute Gasteiger partial charge is 0.471 e. The summed E-state index contributed by atoms with van der Waals surface area (Å²) in [7, 11) is 0. The van der Waals surface area contributed by atoms with Gasteiger partial charge in [-0.1, -0.05) is 27.7 Å². The predicted molar refractivity (Wildman–Crippen MR) is 85.1 cm³/mol. The van der Waals surface area contributed by atoms with Crippen molar-refractivity contribution >= 4 is 17.6 Å². The Hall–Kier alpha value is -1.64. The molecule has 1 fully saturated rings. The van der Waals surface area contributed by atoms with E-state index in [9.17, 15) is 27.6 Å². The molecule has 0 aromatic heterocycles. The summed E-state index contributed by atoms with van der Waals surface area (Å²) in [5.74, 6) is -2.98. The van der Waals surface area contributed by atoms with Crippen molar-refractivity contribution in [3.8, 4) is 0 Å². The van der Waals surface area contributed by atoms with E-state index >= 15 is 0 Å². The van der Waals surface area contributed by atoms with Crippen LogP contribution in [0.5, 0.6) is 0 Å².